The highest BCUT2D eigenvalue weighted by molar-refractivity contribution is 7.85. The van der Waals surface area contributed by atoms with Gasteiger partial charge in [-0.2, -0.15) is 8.42 Å². The topological polar surface area (TPSA) is 130 Å². The van der Waals surface area contributed by atoms with Gasteiger partial charge in [0.05, 0.1) is 16.1 Å². The van der Waals surface area contributed by atoms with Gasteiger partial charge in [0.15, 0.2) is 0 Å². The highest BCUT2D eigenvalue weighted by atomic mass is 32.2. The smallest absolute Gasteiger partial charge is 0.294 e. The molecule has 0 radical (unpaired) electrons. The van der Waals surface area contributed by atoms with Crippen molar-refractivity contribution in [1.29, 1.82) is 0 Å². The molecule has 0 unspecified atom stereocenters. The van der Waals surface area contributed by atoms with E-state index in [4.69, 9.17) is 5.73 Å². The van der Waals surface area contributed by atoms with Crippen LogP contribution in [0.5, 0.6) is 5.75 Å². The molecule has 3 rings (SSSR count). The number of hydrogen-bond acceptors (Lipinski definition) is 5. The average molecular weight is 372 g/mol. The Labute approximate surface area is 149 Å². The largest absolute Gasteiger partial charge is 0.508 e. The summed E-state index contributed by atoms with van der Waals surface area (Å²) in [6, 6.07) is 11.6. The van der Waals surface area contributed by atoms with E-state index in [1.54, 1.807) is 18.2 Å². The zero-order valence-electron chi connectivity index (χ0n) is 13.7. The van der Waals surface area contributed by atoms with Crippen molar-refractivity contribution in [3.63, 3.8) is 0 Å². The molecule has 134 valence electrons. The van der Waals surface area contributed by atoms with Crippen molar-refractivity contribution in [2.75, 3.05) is 11.1 Å². The average Bonchev–Trinajstić information content (AvgIpc) is 2.55. The number of amides is 1. The third-order valence-electron chi connectivity index (χ3n) is 3.91. The maximum atomic E-state index is 12.6. The van der Waals surface area contributed by atoms with E-state index in [1.165, 1.54) is 24.3 Å². The van der Waals surface area contributed by atoms with Gasteiger partial charge in [-0.1, -0.05) is 11.6 Å². The summed E-state index contributed by atoms with van der Waals surface area (Å²) < 4.78 is 32.4. The van der Waals surface area contributed by atoms with E-state index in [-0.39, 0.29) is 22.7 Å². The van der Waals surface area contributed by atoms with Crippen molar-refractivity contribution < 1.29 is 22.9 Å². The first-order valence-corrected chi connectivity index (χ1v) is 9.01. The van der Waals surface area contributed by atoms with Crippen LogP contribution < -0.4 is 11.1 Å². The number of nitrogen functional groups attached to an aromatic ring is 1. The van der Waals surface area contributed by atoms with Crippen LogP contribution in [-0.4, -0.2) is 24.0 Å². The number of rotatable bonds is 3. The van der Waals surface area contributed by atoms with Gasteiger partial charge in [0.25, 0.3) is 16.0 Å². The number of benzene rings is 3. The Hall–Kier alpha value is -3.10. The van der Waals surface area contributed by atoms with Crippen LogP contribution in [0.1, 0.15) is 15.9 Å². The van der Waals surface area contributed by atoms with Gasteiger partial charge in [-0.25, -0.2) is 0 Å². The summed E-state index contributed by atoms with van der Waals surface area (Å²) >= 11 is 0. The highest BCUT2D eigenvalue weighted by Gasteiger charge is 2.17. The number of hydrogen-bond donors (Lipinski definition) is 4. The number of nitrogens with two attached hydrogens (primary N) is 1. The molecule has 0 fully saturated rings. The lowest BCUT2D eigenvalue weighted by molar-refractivity contribution is 0.102. The number of phenolic OH excluding ortho intramolecular Hbond substituents is 1. The summed E-state index contributed by atoms with van der Waals surface area (Å²) in [6.07, 6.45) is 0. The normalized spacial score (nSPS) is 11.5. The predicted molar refractivity (Wildman–Crippen MR) is 99.0 cm³/mol. The molecule has 0 heterocycles. The molecule has 5 N–H and O–H groups in total. The number of nitrogens with one attached hydrogen (secondary N) is 1. The number of phenols is 1. The molecule has 0 saturated heterocycles. The molecule has 0 aliphatic heterocycles. The Balaban J connectivity index is 2.14. The van der Waals surface area contributed by atoms with Crippen LogP contribution in [0.25, 0.3) is 10.8 Å². The summed E-state index contributed by atoms with van der Waals surface area (Å²) in [5, 5.41) is 13.1. The Morgan fingerprint density at radius 3 is 2.50 bits per heavy atom. The molecule has 0 atom stereocenters. The highest BCUT2D eigenvalue weighted by Crippen LogP contribution is 2.31. The Kier molecular flexibility index (Phi) is 4.31. The third-order valence-corrected chi connectivity index (χ3v) is 4.74. The number of anilines is 2. The molecule has 3 aromatic carbocycles. The Morgan fingerprint density at radius 2 is 1.81 bits per heavy atom. The minimum absolute atomic E-state index is 0.0785. The molecule has 3 aromatic rings. The Bertz CT molecular complexity index is 1140. The summed E-state index contributed by atoms with van der Waals surface area (Å²) in [4.78, 5) is 12.2. The van der Waals surface area contributed by atoms with E-state index in [0.29, 0.717) is 10.8 Å². The second kappa shape index (κ2) is 6.32. The summed E-state index contributed by atoms with van der Waals surface area (Å²) in [6.45, 7) is 1.81. The number of aromatic hydroxyl groups is 1. The minimum atomic E-state index is -4.50. The van der Waals surface area contributed by atoms with Crippen molar-refractivity contribution in [2.45, 2.75) is 11.8 Å². The number of aryl methyl sites for hydroxylation is 1. The standard InChI is InChI=1S/C18H16N2O5S/c1-10-2-5-16(19)15(6-10)18(22)20-17-9-13(26(23,24)25)8-11-7-12(21)3-4-14(11)17/h2-9,21H,19H2,1H3,(H,20,22)(H,23,24,25). The molecule has 7 nitrogen and oxygen atoms in total. The molecular formula is C18H16N2O5S. The lowest BCUT2D eigenvalue weighted by Gasteiger charge is -2.12. The Morgan fingerprint density at radius 1 is 1.08 bits per heavy atom. The lowest BCUT2D eigenvalue weighted by Crippen LogP contribution is -2.15. The van der Waals surface area contributed by atoms with Crippen LogP contribution in [0.15, 0.2) is 53.4 Å². The van der Waals surface area contributed by atoms with Crippen LogP contribution in [0, 0.1) is 6.92 Å². The maximum absolute atomic E-state index is 12.6. The van der Waals surface area contributed by atoms with Crippen molar-refractivity contribution in [2.24, 2.45) is 0 Å². The lowest BCUT2D eigenvalue weighted by atomic mass is 10.1. The molecule has 0 saturated carbocycles. The SMILES string of the molecule is Cc1ccc(N)c(C(=O)Nc2cc(S(=O)(=O)O)cc3cc(O)ccc23)c1. The fourth-order valence-corrected chi connectivity index (χ4v) is 3.18. The zero-order valence-corrected chi connectivity index (χ0v) is 14.5. The van der Waals surface area contributed by atoms with E-state index >= 15 is 0 Å². The molecule has 8 heteroatoms. The maximum Gasteiger partial charge on any atom is 0.294 e. The van der Waals surface area contributed by atoms with Crippen LogP contribution in [-0.2, 0) is 10.1 Å². The number of fused-ring (bicyclic) bond motifs is 1. The first-order chi connectivity index (χ1) is 12.1. The molecular weight excluding hydrogens is 356 g/mol. The van der Waals surface area contributed by atoms with Crippen LogP contribution in [0.2, 0.25) is 0 Å². The van der Waals surface area contributed by atoms with Crippen molar-refractivity contribution in [3.05, 3.63) is 59.7 Å². The first kappa shape index (κ1) is 17.7. The minimum Gasteiger partial charge on any atom is -0.508 e. The van der Waals surface area contributed by atoms with E-state index in [9.17, 15) is 22.9 Å². The van der Waals surface area contributed by atoms with E-state index in [0.717, 1.165) is 11.6 Å². The molecule has 1 amide bonds. The van der Waals surface area contributed by atoms with Crippen molar-refractivity contribution in [3.8, 4) is 5.75 Å². The first-order valence-electron chi connectivity index (χ1n) is 7.57. The molecule has 0 aliphatic rings. The molecule has 26 heavy (non-hydrogen) atoms. The van der Waals surface area contributed by atoms with Crippen LogP contribution >= 0.6 is 0 Å². The van der Waals surface area contributed by atoms with Gasteiger partial charge in [0.1, 0.15) is 5.75 Å². The van der Waals surface area contributed by atoms with Gasteiger partial charge < -0.3 is 16.2 Å². The van der Waals surface area contributed by atoms with E-state index < -0.39 is 20.9 Å². The number of carbonyl (C=O) groups is 1. The van der Waals surface area contributed by atoms with Crippen molar-refractivity contribution >= 4 is 38.2 Å². The molecule has 0 aliphatic carbocycles. The second-order valence-electron chi connectivity index (χ2n) is 5.90. The molecule has 0 aromatic heterocycles. The zero-order chi connectivity index (χ0) is 19.1. The van der Waals surface area contributed by atoms with Gasteiger partial charge in [-0.05, 0) is 54.8 Å². The quantitative estimate of drug-likeness (QED) is 0.413. The predicted octanol–water partition coefficient (Wildman–Crippen LogP) is 2.94. The summed E-state index contributed by atoms with van der Waals surface area (Å²) in [5.74, 6) is -0.599. The monoisotopic (exact) mass is 372 g/mol. The molecule has 0 spiro atoms. The van der Waals surface area contributed by atoms with E-state index in [1.807, 2.05) is 6.92 Å². The summed E-state index contributed by atoms with van der Waals surface area (Å²) in [7, 11) is -4.50. The number of carbonyl (C=O) groups excluding carboxylic acids is 1. The fourth-order valence-electron chi connectivity index (χ4n) is 2.64. The van der Waals surface area contributed by atoms with Gasteiger partial charge in [0.2, 0.25) is 0 Å². The van der Waals surface area contributed by atoms with Gasteiger partial charge >= 0.3 is 0 Å². The van der Waals surface area contributed by atoms with Crippen LogP contribution in [0.4, 0.5) is 11.4 Å². The fraction of sp³-hybridized carbons (Fsp3) is 0.0556. The van der Waals surface area contributed by atoms with Crippen molar-refractivity contribution in [1.82, 2.24) is 0 Å². The molecule has 0 bridgehead atoms. The van der Waals surface area contributed by atoms with Gasteiger partial charge in [0, 0.05) is 11.1 Å². The summed E-state index contributed by atoms with van der Waals surface area (Å²) in [5.41, 5.74) is 7.38. The van der Waals surface area contributed by atoms with Gasteiger partial charge in [-0.3, -0.25) is 9.35 Å². The van der Waals surface area contributed by atoms with Gasteiger partial charge in [-0.15, -0.1) is 0 Å². The second-order valence-corrected chi connectivity index (χ2v) is 7.32. The third kappa shape index (κ3) is 3.46. The van der Waals surface area contributed by atoms with Crippen LogP contribution in [0.3, 0.4) is 0 Å². The van der Waals surface area contributed by atoms with E-state index in [2.05, 4.69) is 5.32 Å².